The molecular formula is C14H19NO5S. The third kappa shape index (κ3) is 3.66. The second-order valence-corrected chi connectivity index (χ2v) is 7.47. The predicted octanol–water partition coefficient (Wildman–Crippen LogP) is 1.07. The van der Waals surface area contributed by atoms with Gasteiger partial charge in [-0.1, -0.05) is 6.07 Å². The van der Waals surface area contributed by atoms with E-state index in [2.05, 4.69) is 5.32 Å². The number of amides is 1. The Hall–Kier alpha value is -1.76. The highest BCUT2D eigenvalue weighted by Crippen LogP contribution is 2.32. The summed E-state index contributed by atoms with van der Waals surface area (Å²) in [4.78, 5) is 11.9. The van der Waals surface area contributed by atoms with Crippen LogP contribution in [0.25, 0.3) is 0 Å². The first-order chi connectivity index (χ1) is 9.79. The second kappa shape index (κ2) is 5.93. The number of fused-ring (bicyclic) bond motifs is 1. The summed E-state index contributed by atoms with van der Waals surface area (Å²) in [5.41, 5.74) is 0.827. The van der Waals surface area contributed by atoms with Gasteiger partial charge >= 0.3 is 0 Å². The van der Waals surface area contributed by atoms with Crippen LogP contribution in [-0.4, -0.2) is 39.0 Å². The van der Waals surface area contributed by atoms with Crippen molar-refractivity contribution in [2.24, 2.45) is 0 Å². The van der Waals surface area contributed by atoms with Gasteiger partial charge in [0.05, 0.1) is 6.04 Å². The Morgan fingerprint density at radius 3 is 2.43 bits per heavy atom. The zero-order valence-electron chi connectivity index (χ0n) is 12.3. The van der Waals surface area contributed by atoms with Crippen LogP contribution in [0.15, 0.2) is 18.2 Å². The Morgan fingerprint density at radius 2 is 1.81 bits per heavy atom. The molecule has 0 bridgehead atoms. The van der Waals surface area contributed by atoms with Gasteiger partial charge in [-0.15, -0.1) is 0 Å². The molecule has 7 heteroatoms. The van der Waals surface area contributed by atoms with Crippen LogP contribution in [0.2, 0.25) is 0 Å². The molecule has 1 aliphatic rings. The second-order valence-electron chi connectivity index (χ2n) is 5.11. The third-order valence-corrected chi connectivity index (χ3v) is 4.93. The molecule has 1 aliphatic heterocycles. The fraction of sp³-hybridized carbons (Fsp3) is 0.500. The molecule has 1 aromatic carbocycles. The first-order valence-electron chi connectivity index (χ1n) is 6.68. The number of hydrogen-bond acceptors (Lipinski definition) is 5. The van der Waals surface area contributed by atoms with E-state index in [-0.39, 0.29) is 6.04 Å². The fourth-order valence-electron chi connectivity index (χ4n) is 1.94. The van der Waals surface area contributed by atoms with Crippen molar-refractivity contribution >= 4 is 15.7 Å². The molecular weight excluding hydrogens is 294 g/mol. The molecule has 21 heavy (non-hydrogen) atoms. The number of nitrogens with one attached hydrogen (secondary N) is 1. The smallest absolute Gasteiger partial charge is 0.238 e. The Balaban J connectivity index is 2.10. The Morgan fingerprint density at radius 1 is 1.19 bits per heavy atom. The van der Waals surface area contributed by atoms with Crippen LogP contribution in [0.5, 0.6) is 11.5 Å². The van der Waals surface area contributed by atoms with Crippen LogP contribution in [0.4, 0.5) is 0 Å². The number of rotatable bonds is 4. The van der Waals surface area contributed by atoms with Crippen molar-refractivity contribution in [2.45, 2.75) is 25.1 Å². The van der Waals surface area contributed by atoms with E-state index in [1.807, 2.05) is 6.07 Å². The van der Waals surface area contributed by atoms with Crippen molar-refractivity contribution in [3.8, 4) is 11.5 Å². The lowest BCUT2D eigenvalue weighted by molar-refractivity contribution is -0.121. The average molecular weight is 313 g/mol. The van der Waals surface area contributed by atoms with Crippen molar-refractivity contribution in [1.82, 2.24) is 5.32 Å². The lowest BCUT2D eigenvalue weighted by Crippen LogP contribution is -2.38. The van der Waals surface area contributed by atoms with Gasteiger partial charge in [0.2, 0.25) is 5.91 Å². The van der Waals surface area contributed by atoms with E-state index in [1.165, 1.54) is 6.92 Å². The van der Waals surface area contributed by atoms with Gasteiger partial charge in [-0.05, 0) is 31.5 Å². The predicted molar refractivity (Wildman–Crippen MR) is 78.3 cm³/mol. The summed E-state index contributed by atoms with van der Waals surface area (Å²) in [6, 6.07) is 5.08. The van der Waals surface area contributed by atoms with Gasteiger partial charge in [-0.3, -0.25) is 4.79 Å². The molecule has 0 aliphatic carbocycles. The van der Waals surface area contributed by atoms with E-state index in [1.54, 1.807) is 19.1 Å². The van der Waals surface area contributed by atoms with E-state index < -0.39 is 21.0 Å². The van der Waals surface area contributed by atoms with Crippen LogP contribution in [0.1, 0.15) is 25.5 Å². The van der Waals surface area contributed by atoms with Gasteiger partial charge in [-0.2, -0.15) is 0 Å². The molecule has 2 rings (SSSR count). The van der Waals surface area contributed by atoms with Crippen LogP contribution in [0, 0.1) is 0 Å². The van der Waals surface area contributed by atoms with Gasteiger partial charge < -0.3 is 14.8 Å². The molecule has 0 aromatic heterocycles. The largest absolute Gasteiger partial charge is 0.486 e. The van der Waals surface area contributed by atoms with Gasteiger partial charge in [0.1, 0.15) is 18.5 Å². The monoisotopic (exact) mass is 313 g/mol. The van der Waals surface area contributed by atoms with Gasteiger partial charge in [0.15, 0.2) is 21.3 Å². The number of sulfone groups is 1. The van der Waals surface area contributed by atoms with E-state index in [0.29, 0.717) is 24.7 Å². The minimum Gasteiger partial charge on any atom is -0.486 e. The van der Waals surface area contributed by atoms with Gasteiger partial charge in [0, 0.05) is 6.26 Å². The standard InChI is InChI=1S/C14H19NO5S/c1-9(15-14(16)10(2)21(3,17)18)11-4-5-12-13(8-11)20-7-6-19-12/h4-5,8-10H,6-7H2,1-3H3,(H,15,16)/t9-,10-/m1/s1. The van der Waals surface area contributed by atoms with E-state index >= 15 is 0 Å². The zero-order valence-corrected chi connectivity index (χ0v) is 13.1. The van der Waals surface area contributed by atoms with Crippen LogP contribution >= 0.6 is 0 Å². The Bertz CT molecular complexity index is 641. The lowest BCUT2D eigenvalue weighted by atomic mass is 10.1. The minimum atomic E-state index is -3.40. The molecule has 0 spiro atoms. The fourth-order valence-corrected chi connectivity index (χ4v) is 2.39. The highest BCUT2D eigenvalue weighted by molar-refractivity contribution is 7.92. The van der Waals surface area contributed by atoms with Crippen molar-refractivity contribution < 1.29 is 22.7 Å². The van der Waals surface area contributed by atoms with Crippen molar-refractivity contribution in [1.29, 1.82) is 0 Å². The summed E-state index contributed by atoms with van der Waals surface area (Å²) in [5.74, 6) is 0.795. The minimum absolute atomic E-state index is 0.322. The lowest BCUT2D eigenvalue weighted by Gasteiger charge is -2.21. The van der Waals surface area contributed by atoms with Crippen LogP contribution < -0.4 is 14.8 Å². The summed E-state index contributed by atoms with van der Waals surface area (Å²) >= 11 is 0. The molecule has 1 N–H and O–H groups in total. The van der Waals surface area contributed by atoms with Crippen molar-refractivity contribution in [2.75, 3.05) is 19.5 Å². The summed E-state index contributed by atoms with van der Waals surface area (Å²) in [6.45, 7) is 4.17. The zero-order chi connectivity index (χ0) is 15.6. The molecule has 0 fully saturated rings. The highest BCUT2D eigenvalue weighted by Gasteiger charge is 2.25. The maximum absolute atomic E-state index is 11.9. The molecule has 0 saturated carbocycles. The summed E-state index contributed by atoms with van der Waals surface area (Å²) in [6.07, 6.45) is 1.05. The Kier molecular flexibility index (Phi) is 4.41. The molecule has 0 unspecified atom stereocenters. The third-order valence-electron chi connectivity index (χ3n) is 3.44. The average Bonchev–Trinajstić information content (AvgIpc) is 2.44. The number of carbonyl (C=O) groups excluding carboxylic acids is 1. The summed E-state index contributed by atoms with van der Waals surface area (Å²) < 4.78 is 33.7. The molecule has 1 heterocycles. The molecule has 0 saturated heterocycles. The molecule has 6 nitrogen and oxygen atoms in total. The van der Waals surface area contributed by atoms with E-state index in [4.69, 9.17) is 9.47 Å². The topological polar surface area (TPSA) is 81.7 Å². The first kappa shape index (κ1) is 15.6. The summed E-state index contributed by atoms with van der Waals surface area (Å²) in [5, 5.41) is 1.62. The normalized spacial score (nSPS) is 16.9. The van der Waals surface area contributed by atoms with Crippen molar-refractivity contribution in [3.63, 3.8) is 0 Å². The molecule has 1 aromatic rings. The maximum atomic E-state index is 11.9. The van der Waals surface area contributed by atoms with E-state index in [9.17, 15) is 13.2 Å². The number of hydrogen-bond donors (Lipinski definition) is 1. The molecule has 116 valence electrons. The van der Waals surface area contributed by atoms with E-state index in [0.717, 1.165) is 11.8 Å². The highest BCUT2D eigenvalue weighted by atomic mass is 32.2. The SMILES string of the molecule is C[C@H](C(=O)N[C@H](C)c1ccc2c(c1)OCCO2)S(C)(=O)=O. The maximum Gasteiger partial charge on any atom is 0.238 e. The summed E-state index contributed by atoms with van der Waals surface area (Å²) in [7, 11) is -3.40. The molecule has 2 atom stereocenters. The van der Waals surface area contributed by atoms with Crippen molar-refractivity contribution in [3.05, 3.63) is 23.8 Å². The van der Waals surface area contributed by atoms with Crippen LogP contribution in [0.3, 0.4) is 0 Å². The van der Waals surface area contributed by atoms with Gasteiger partial charge in [0.25, 0.3) is 0 Å². The number of ether oxygens (including phenoxy) is 2. The quantitative estimate of drug-likeness (QED) is 0.899. The number of carbonyl (C=O) groups is 1. The first-order valence-corrected chi connectivity index (χ1v) is 8.63. The Labute approximate surface area is 124 Å². The van der Waals surface area contributed by atoms with Crippen LogP contribution in [-0.2, 0) is 14.6 Å². The molecule has 1 amide bonds. The van der Waals surface area contributed by atoms with Gasteiger partial charge in [-0.25, -0.2) is 8.42 Å². The number of benzene rings is 1. The molecule has 0 radical (unpaired) electrons.